The van der Waals surface area contributed by atoms with E-state index in [0.717, 1.165) is 0 Å². The topological polar surface area (TPSA) is 23.5 Å². The van der Waals surface area contributed by atoms with Gasteiger partial charge in [-0.3, -0.25) is 4.90 Å². The van der Waals surface area contributed by atoms with Crippen LogP contribution in [0.25, 0.3) is 0 Å². The van der Waals surface area contributed by atoms with E-state index in [1.54, 1.807) is 6.92 Å². The predicted molar refractivity (Wildman–Crippen MR) is 33.0 cm³/mol. The van der Waals surface area contributed by atoms with Gasteiger partial charge in [0.1, 0.15) is 5.67 Å². The van der Waals surface area contributed by atoms with Crippen LogP contribution in [0.15, 0.2) is 0 Å². The number of likely N-dealkylation sites (tertiary alicyclic amines) is 1. The lowest BCUT2D eigenvalue weighted by Gasteiger charge is -2.41. The van der Waals surface area contributed by atoms with Crippen LogP contribution in [0.5, 0.6) is 0 Å². The molecular weight excluding hydrogens is 121 g/mol. The van der Waals surface area contributed by atoms with Gasteiger partial charge in [-0.25, -0.2) is 4.39 Å². The summed E-state index contributed by atoms with van der Waals surface area (Å²) in [6.45, 7) is 3.29. The Labute approximate surface area is 54.3 Å². The van der Waals surface area contributed by atoms with Crippen molar-refractivity contribution in [1.82, 2.24) is 4.90 Å². The highest BCUT2D eigenvalue weighted by Gasteiger charge is 2.37. The van der Waals surface area contributed by atoms with Crippen molar-refractivity contribution in [3.63, 3.8) is 0 Å². The molecule has 1 N–H and O–H groups in total. The molecule has 0 atom stereocenters. The molecule has 0 unspecified atom stereocenters. The molecule has 0 aromatic carbocycles. The zero-order valence-corrected chi connectivity index (χ0v) is 5.60. The van der Waals surface area contributed by atoms with Crippen LogP contribution in [0.3, 0.4) is 0 Å². The Morgan fingerprint density at radius 1 is 1.67 bits per heavy atom. The number of aliphatic hydroxyl groups excluding tert-OH is 1. The van der Waals surface area contributed by atoms with Gasteiger partial charge >= 0.3 is 0 Å². The molecule has 0 bridgehead atoms. The molecule has 1 fully saturated rings. The zero-order chi connectivity index (χ0) is 6.91. The van der Waals surface area contributed by atoms with Crippen molar-refractivity contribution in [3.05, 3.63) is 0 Å². The summed E-state index contributed by atoms with van der Waals surface area (Å²) in [5, 5.41) is 8.41. The Balaban J connectivity index is 2.12. The van der Waals surface area contributed by atoms with Crippen molar-refractivity contribution >= 4 is 0 Å². The molecule has 54 valence electrons. The highest BCUT2D eigenvalue weighted by molar-refractivity contribution is 4.91. The number of β-amino-alcohol motifs (C(OH)–C–C–N with tert-alkyl or cyclic N) is 1. The summed E-state index contributed by atoms with van der Waals surface area (Å²) in [5.41, 5.74) is -0.991. The molecule has 2 nitrogen and oxygen atoms in total. The fourth-order valence-electron chi connectivity index (χ4n) is 1.19. The molecule has 3 heteroatoms. The minimum absolute atomic E-state index is 0.135. The second-order valence-corrected chi connectivity index (χ2v) is 2.85. The number of rotatable bonds is 2. The summed E-state index contributed by atoms with van der Waals surface area (Å²) in [7, 11) is 0. The average Bonchev–Trinajstić information content (AvgIpc) is 1.62. The fourth-order valence-corrected chi connectivity index (χ4v) is 1.19. The summed E-state index contributed by atoms with van der Waals surface area (Å²) in [4.78, 5) is 1.89. The maximum Gasteiger partial charge on any atom is 0.133 e. The number of alkyl halides is 1. The average molecular weight is 133 g/mol. The maximum absolute atomic E-state index is 12.7. The van der Waals surface area contributed by atoms with Gasteiger partial charge < -0.3 is 5.11 Å². The number of hydrogen-bond donors (Lipinski definition) is 1. The molecule has 1 saturated heterocycles. The van der Waals surface area contributed by atoms with Crippen molar-refractivity contribution in [2.45, 2.75) is 12.6 Å². The van der Waals surface area contributed by atoms with Crippen LogP contribution in [0.2, 0.25) is 0 Å². The molecule has 0 aliphatic carbocycles. The Morgan fingerprint density at radius 2 is 2.22 bits per heavy atom. The molecule has 0 amide bonds. The van der Waals surface area contributed by atoms with Crippen LogP contribution >= 0.6 is 0 Å². The SMILES string of the molecule is CC1(F)CN(CCO)C1. The third-order valence-corrected chi connectivity index (χ3v) is 1.52. The smallest absolute Gasteiger partial charge is 0.133 e. The number of nitrogens with zero attached hydrogens (tertiary/aromatic N) is 1. The van der Waals surface area contributed by atoms with E-state index >= 15 is 0 Å². The van der Waals surface area contributed by atoms with E-state index in [4.69, 9.17) is 5.11 Å². The molecule has 1 heterocycles. The Kier molecular flexibility index (Phi) is 1.73. The van der Waals surface area contributed by atoms with Gasteiger partial charge in [-0.1, -0.05) is 0 Å². The van der Waals surface area contributed by atoms with Gasteiger partial charge in [0, 0.05) is 19.6 Å². The van der Waals surface area contributed by atoms with Crippen molar-refractivity contribution in [2.75, 3.05) is 26.2 Å². The first-order chi connectivity index (χ1) is 4.14. The monoisotopic (exact) mass is 133 g/mol. The molecule has 0 aromatic rings. The lowest BCUT2D eigenvalue weighted by molar-refractivity contribution is -0.0245. The van der Waals surface area contributed by atoms with Crippen LogP contribution in [-0.2, 0) is 0 Å². The highest BCUT2D eigenvalue weighted by atomic mass is 19.1. The molecular formula is C6H12FNO. The molecule has 1 rings (SSSR count). The van der Waals surface area contributed by atoms with E-state index in [-0.39, 0.29) is 6.61 Å². The zero-order valence-electron chi connectivity index (χ0n) is 5.60. The van der Waals surface area contributed by atoms with Crippen LogP contribution in [0.1, 0.15) is 6.92 Å². The van der Waals surface area contributed by atoms with Gasteiger partial charge in [0.25, 0.3) is 0 Å². The predicted octanol–water partition coefficient (Wildman–Crippen LogP) is 0.0225. The largest absolute Gasteiger partial charge is 0.395 e. The molecule has 0 radical (unpaired) electrons. The summed E-state index contributed by atoms with van der Waals surface area (Å²) >= 11 is 0. The highest BCUT2D eigenvalue weighted by Crippen LogP contribution is 2.23. The number of halogens is 1. The summed E-state index contributed by atoms with van der Waals surface area (Å²) in [6.07, 6.45) is 0. The van der Waals surface area contributed by atoms with E-state index in [2.05, 4.69) is 0 Å². The van der Waals surface area contributed by atoms with Crippen LogP contribution in [0, 0.1) is 0 Å². The first-order valence-electron chi connectivity index (χ1n) is 3.16. The quantitative estimate of drug-likeness (QED) is 0.574. The van der Waals surface area contributed by atoms with Gasteiger partial charge in [0.05, 0.1) is 6.61 Å². The van der Waals surface area contributed by atoms with Crippen molar-refractivity contribution in [3.8, 4) is 0 Å². The first kappa shape index (κ1) is 6.96. The number of hydrogen-bond acceptors (Lipinski definition) is 2. The van der Waals surface area contributed by atoms with Gasteiger partial charge in [-0.2, -0.15) is 0 Å². The summed E-state index contributed by atoms with van der Waals surface area (Å²) in [5.74, 6) is 0. The third kappa shape index (κ3) is 1.63. The van der Waals surface area contributed by atoms with Crippen LogP contribution in [0.4, 0.5) is 4.39 Å². The molecule has 0 aromatic heterocycles. The second-order valence-electron chi connectivity index (χ2n) is 2.85. The minimum Gasteiger partial charge on any atom is -0.395 e. The first-order valence-corrected chi connectivity index (χ1v) is 3.16. The lowest BCUT2D eigenvalue weighted by Crippen LogP contribution is -2.57. The summed E-state index contributed by atoms with van der Waals surface area (Å²) < 4.78 is 12.7. The molecule has 1 aliphatic rings. The summed E-state index contributed by atoms with van der Waals surface area (Å²) in [6, 6.07) is 0. The second kappa shape index (κ2) is 2.23. The van der Waals surface area contributed by atoms with E-state index < -0.39 is 5.67 Å². The standard InChI is InChI=1S/C6H12FNO/c1-6(7)4-8(5-6)2-3-9/h9H,2-5H2,1H3. The maximum atomic E-state index is 12.7. The van der Waals surface area contributed by atoms with Crippen molar-refractivity contribution in [2.24, 2.45) is 0 Å². The van der Waals surface area contributed by atoms with Gasteiger partial charge in [-0.05, 0) is 6.92 Å². The van der Waals surface area contributed by atoms with E-state index in [1.165, 1.54) is 0 Å². The van der Waals surface area contributed by atoms with Gasteiger partial charge in [0.2, 0.25) is 0 Å². The van der Waals surface area contributed by atoms with Gasteiger partial charge in [0.15, 0.2) is 0 Å². The van der Waals surface area contributed by atoms with E-state index in [9.17, 15) is 4.39 Å². The van der Waals surface area contributed by atoms with Crippen molar-refractivity contribution < 1.29 is 9.50 Å². The van der Waals surface area contributed by atoms with E-state index in [0.29, 0.717) is 19.6 Å². The Morgan fingerprint density at radius 3 is 2.56 bits per heavy atom. The number of aliphatic hydroxyl groups is 1. The molecule has 1 aliphatic heterocycles. The van der Waals surface area contributed by atoms with Gasteiger partial charge in [-0.15, -0.1) is 0 Å². The molecule has 0 spiro atoms. The van der Waals surface area contributed by atoms with Crippen LogP contribution in [-0.4, -0.2) is 41.9 Å². The lowest BCUT2D eigenvalue weighted by atomic mass is 10.00. The van der Waals surface area contributed by atoms with Crippen LogP contribution < -0.4 is 0 Å². The van der Waals surface area contributed by atoms with E-state index in [1.807, 2.05) is 4.90 Å². The molecule has 9 heavy (non-hydrogen) atoms. The van der Waals surface area contributed by atoms with Crippen molar-refractivity contribution in [1.29, 1.82) is 0 Å². The minimum atomic E-state index is -0.991. The molecule has 0 saturated carbocycles. The fraction of sp³-hybridized carbons (Fsp3) is 1.00. The normalized spacial score (nSPS) is 25.7. The Hall–Kier alpha value is -0.150. The third-order valence-electron chi connectivity index (χ3n) is 1.52. The Bertz CT molecular complexity index is 97.2.